The lowest BCUT2D eigenvalue weighted by Crippen LogP contribution is -2.33. The summed E-state index contributed by atoms with van der Waals surface area (Å²) in [5, 5.41) is 14.5. The first-order chi connectivity index (χ1) is 11.5. The molecule has 1 aliphatic heterocycles. The number of H-pyrrole nitrogens is 1. The van der Waals surface area contributed by atoms with Gasteiger partial charge in [0.2, 0.25) is 0 Å². The number of aromatic nitrogens is 5. The molecule has 0 saturated heterocycles. The van der Waals surface area contributed by atoms with Crippen LogP contribution in [0.15, 0.2) is 6.33 Å². The minimum Gasteiger partial charge on any atom is -0.341 e. The molecule has 1 aliphatic rings. The Labute approximate surface area is 141 Å². The Hall–Kier alpha value is -2.22. The molecule has 2 aromatic heterocycles. The van der Waals surface area contributed by atoms with Gasteiger partial charge >= 0.3 is 0 Å². The maximum Gasteiger partial charge on any atom is 0.272 e. The van der Waals surface area contributed by atoms with Crippen LogP contribution < -0.4 is 5.32 Å². The van der Waals surface area contributed by atoms with Crippen molar-refractivity contribution < 1.29 is 4.79 Å². The van der Waals surface area contributed by atoms with Crippen molar-refractivity contribution >= 4 is 5.91 Å². The lowest BCUT2D eigenvalue weighted by atomic mass is 10.0. The van der Waals surface area contributed by atoms with Gasteiger partial charge in [-0.05, 0) is 19.4 Å². The van der Waals surface area contributed by atoms with Crippen LogP contribution in [0, 0.1) is 5.92 Å². The third-order valence-electron chi connectivity index (χ3n) is 4.41. The number of amides is 1. The summed E-state index contributed by atoms with van der Waals surface area (Å²) in [6, 6.07) is -0.182. The average Bonchev–Trinajstić information content (AvgIpc) is 3.11. The van der Waals surface area contributed by atoms with E-state index >= 15 is 0 Å². The second-order valence-corrected chi connectivity index (χ2v) is 6.91. The number of likely N-dealkylation sites (N-methyl/N-ethyl adjacent to an activating group) is 1. The number of nitrogens with one attached hydrogen (secondary N) is 2. The molecular weight excluding hydrogens is 306 g/mol. The van der Waals surface area contributed by atoms with Crippen LogP contribution in [0.2, 0.25) is 0 Å². The number of fused-ring (bicyclic) bond motifs is 1. The Morgan fingerprint density at radius 2 is 2.21 bits per heavy atom. The topological polar surface area (TPSA) is 91.7 Å². The predicted molar refractivity (Wildman–Crippen MR) is 89.3 cm³/mol. The molecule has 0 bridgehead atoms. The molecule has 3 rings (SSSR count). The van der Waals surface area contributed by atoms with Crippen molar-refractivity contribution in [1.29, 1.82) is 0 Å². The Morgan fingerprint density at radius 3 is 2.88 bits per heavy atom. The predicted octanol–water partition coefficient (Wildman–Crippen LogP) is 1.04. The summed E-state index contributed by atoms with van der Waals surface area (Å²) in [5.74, 6) is 1.03. The summed E-state index contributed by atoms with van der Waals surface area (Å²) < 4.78 is 1.71. The Morgan fingerprint density at radius 1 is 1.42 bits per heavy atom. The molecule has 8 heteroatoms. The van der Waals surface area contributed by atoms with E-state index in [2.05, 4.69) is 51.4 Å². The van der Waals surface area contributed by atoms with E-state index in [9.17, 15) is 4.79 Å². The number of rotatable bonds is 5. The van der Waals surface area contributed by atoms with E-state index in [4.69, 9.17) is 0 Å². The van der Waals surface area contributed by atoms with Gasteiger partial charge in [-0.15, -0.1) is 0 Å². The Balaban J connectivity index is 1.82. The van der Waals surface area contributed by atoms with Crippen LogP contribution in [0.25, 0.3) is 0 Å². The van der Waals surface area contributed by atoms with E-state index < -0.39 is 0 Å². The van der Waals surface area contributed by atoms with Gasteiger partial charge in [-0.1, -0.05) is 13.8 Å². The number of aromatic amines is 1. The summed E-state index contributed by atoms with van der Waals surface area (Å²) in [4.78, 5) is 19.3. The van der Waals surface area contributed by atoms with Crippen molar-refractivity contribution in [3.63, 3.8) is 0 Å². The van der Waals surface area contributed by atoms with E-state index in [0.717, 1.165) is 43.0 Å². The SMILES string of the molecule is CC(C)C[C@@H](NC(=O)c1n[nH]c2c1CN(C)CC2)c1ncnn1C. The normalized spacial score (nSPS) is 16.2. The van der Waals surface area contributed by atoms with Crippen molar-refractivity contribution in [2.24, 2.45) is 13.0 Å². The highest BCUT2D eigenvalue weighted by atomic mass is 16.2. The highest BCUT2D eigenvalue weighted by molar-refractivity contribution is 5.94. The Kier molecular flexibility index (Phi) is 4.66. The monoisotopic (exact) mass is 331 g/mol. The number of hydrogen-bond acceptors (Lipinski definition) is 5. The molecular formula is C16H25N7O. The first-order valence-electron chi connectivity index (χ1n) is 8.35. The van der Waals surface area contributed by atoms with Gasteiger partial charge < -0.3 is 10.2 Å². The van der Waals surface area contributed by atoms with Gasteiger partial charge in [0, 0.05) is 37.8 Å². The van der Waals surface area contributed by atoms with E-state index in [0.29, 0.717) is 11.6 Å². The molecule has 130 valence electrons. The summed E-state index contributed by atoms with van der Waals surface area (Å²) in [6.45, 7) is 5.97. The molecule has 3 heterocycles. The van der Waals surface area contributed by atoms with E-state index in [1.807, 2.05) is 7.05 Å². The third-order valence-corrected chi connectivity index (χ3v) is 4.41. The number of carbonyl (C=O) groups is 1. The van der Waals surface area contributed by atoms with Crippen LogP contribution in [0.5, 0.6) is 0 Å². The largest absolute Gasteiger partial charge is 0.341 e. The van der Waals surface area contributed by atoms with E-state index in [1.165, 1.54) is 6.33 Å². The quantitative estimate of drug-likeness (QED) is 0.854. The summed E-state index contributed by atoms with van der Waals surface area (Å²) >= 11 is 0. The molecule has 1 atom stereocenters. The number of hydrogen-bond donors (Lipinski definition) is 2. The zero-order valence-corrected chi connectivity index (χ0v) is 14.7. The zero-order valence-electron chi connectivity index (χ0n) is 14.7. The molecule has 0 unspecified atom stereocenters. The van der Waals surface area contributed by atoms with Crippen LogP contribution in [-0.4, -0.2) is 49.4 Å². The fraction of sp³-hybridized carbons (Fsp3) is 0.625. The van der Waals surface area contributed by atoms with E-state index in [-0.39, 0.29) is 11.9 Å². The highest BCUT2D eigenvalue weighted by Gasteiger charge is 2.27. The van der Waals surface area contributed by atoms with Crippen molar-refractivity contribution in [3.05, 3.63) is 29.1 Å². The van der Waals surface area contributed by atoms with Crippen molar-refractivity contribution in [2.45, 2.75) is 39.3 Å². The van der Waals surface area contributed by atoms with E-state index in [1.54, 1.807) is 4.68 Å². The van der Waals surface area contributed by atoms with Gasteiger partial charge in [0.25, 0.3) is 5.91 Å². The van der Waals surface area contributed by atoms with Gasteiger partial charge in [0.05, 0.1) is 6.04 Å². The minimum atomic E-state index is -0.182. The summed E-state index contributed by atoms with van der Waals surface area (Å²) in [5.41, 5.74) is 2.56. The molecule has 1 amide bonds. The number of carbonyl (C=O) groups excluding carboxylic acids is 1. The minimum absolute atomic E-state index is 0.156. The molecule has 0 saturated carbocycles. The molecule has 2 N–H and O–H groups in total. The summed E-state index contributed by atoms with van der Waals surface area (Å²) in [7, 11) is 3.89. The van der Waals surface area contributed by atoms with Gasteiger partial charge in [-0.25, -0.2) is 4.98 Å². The standard InChI is InChI=1S/C16H25N7O/c1-10(2)7-13(15-17-9-18-23(15)4)19-16(24)14-11-8-22(3)6-5-12(11)20-21-14/h9-10,13H,5-8H2,1-4H3,(H,19,24)(H,20,21)/t13-/m1/s1. The average molecular weight is 331 g/mol. The summed E-state index contributed by atoms with van der Waals surface area (Å²) in [6.07, 6.45) is 3.20. The van der Waals surface area contributed by atoms with Crippen molar-refractivity contribution in [2.75, 3.05) is 13.6 Å². The van der Waals surface area contributed by atoms with Gasteiger partial charge in [-0.3, -0.25) is 14.6 Å². The van der Waals surface area contributed by atoms with Crippen LogP contribution in [0.3, 0.4) is 0 Å². The lowest BCUT2D eigenvalue weighted by molar-refractivity contribution is 0.0922. The van der Waals surface area contributed by atoms with Gasteiger partial charge in [-0.2, -0.15) is 10.2 Å². The molecule has 0 aliphatic carbocycles. The molecule has 8 nitrogen and oxygen atoms in total. The smallest absolute Gasteiger partial charge is 0.272 e. The first-order valence-corrected chi connectivity index (χ1v) is 8.35. The van der Waals surface area contributed by atoms with Gasteiger partial charge in [0.15, 0.2) is 5.69 Å². The van der Waals surface area contributed by atoms with Crippen LogP contribution in [-0.2, 0) is 20.0 Å². The second kappa shape index (κ2) is 6.72. The molecule has 24 heavy (non-hydrogen) atoms. The number of aryl methyl sites for hydroxylation is 1. The maximum atomic E-state index is 12.8. The molecule has 0 aromatic carbocycles. The highest BCUT2D eigenvalue weighted by Crippen LogP contribution is 2.22. The van der Waals surface area contributed by atoms with Gasteiger partial charge in [0.1, 0.15) is 12.2 Å². The van der Waals surface area contributed by atoms with Crippen molar-refractivity contribution in [1.82, 2.24) is 35.2 Å². The maximum absolute atomic E-state index is 12.8. The van der Waals surface area contributed by atoms with Crippen LogP contribution >= 0.6 is 0 Å². The van der Waals surface area contributed by atoms with Crippen LogP contribution in [0.4, 0.5) is 0 Å². The molecule has 0 radical (unpaired) electrons. The molecule has 2 aromatic rings. The van der Waals surface area contributed by atoms with Crippen LogP contribution in [0.1, 0.15) is 53.9 Å². The Bertz CT molecular complexity index is 718. The lowest BCUT2D eigenvalue weighted by Gasteiger charge is -2.23. The third kappa shape index (κ3) is 3.33. The molecule has 0 spiro atoms. The zero-order chi connectivity index (χ0) is 17.3. The first kappa shape index (κ1) is 16.6. The fourth-order valence-corrected chi connectivity index (χ4v) is 3.17. The second-order valence-electron chi connectivity index (χ2n) is 6.91. The number of nitrogens with zero attached hydrogens (tertiary/aromatic N) is 5. The fourth-order valence-electron chi connectivity index (χ4n) is 3.17. The molecule has 0 fully saturated rings. The van der Waals surface area contributed by atoms with Crippen molar-refractivity contribution in [3.8, 4) is 0 Å².